The van der Waals surface area contributed by atoms with Crippen molar-refractivity contribution in [2.75, 3.05) is 11.9 Å². The lowest BCUT2D eigenvalue weighted by molar-refractivity contribution is -0.119. The predicted octanol–water partition coefficient (Wildman–Crippen LogP) is 4.59. The van der Waals surface area contributed by atoms with Crippen LogP contribution in [-0.4, -0.2) is 33.2 Å². The molecular weight excluding hydrogens is 443 g/mol. The number of thiophene rings is 1. The number of carbonyl (C=O) groups is 2. The van der Waals surface area contributed by atoms with Crippen LogP contribution in [-0.2, 0) is 16.6 Å². The minimum absolute atomic E-state index is 0.0436. The van der Waals surface area contributed by atoms with Crippen LogP contribution in [0.15, 0.2) is 41.8 Å². The highest BCUT2D eigenvalue weighted by Crippen LogP contribution is 2.29. The first-order valence-electron chi connectivity index (χ1n) is 9.13. The maximum atomic E-state index is 13.1. The molecule has 0 aliphatic carbocycles. The van der Waals surface area contributed by atoms with Crippen molar-refractivity contribution in [2.45, 2.75) is 6.92 Å². The number of hydrogen-bond acceptors (Lipinski definition) is 6. The molecule has 31 heavy (non-hydrogen) atoms. The molecule has 0 atom stereocenters. The molecule has 4 aromatic rings. The highest BCUT2D eigenvalue weighted by Gasteiger charge is 2.21. The molecule has 0 radical (unpaired) electrons. The first kappa shape index (κ1) is 21.0. The van der Waals surface area contributed by atoms with E-state index in [0.717, 1.165) is 10.9 Å². The second-order valence-corrected chi connectivity index (χ2v) is 8.04. The molecular formula is C21H16ClFN4O3S. The first-order chi connectivity index (χ1) is 14.8. The topological polar surface area (TPSA) is 86.1 Å². The summed E-state index contributed by atoms with van der Waals surface area (Å²) in [5.41, 5.74) is 2.26. The van der Waals surface area contributed by atoms with Gasteiger partial charge in [-0.15, -0.1) is 11.3 Å². The normalized spacial score (nSPS) is 11.0. The lowest BCUT2D eigenvalue weighted by atomic mass is 10.1. The van der Waals surface area contributed by atoms with Crippen LogP contribution < -0.4 is 5.32 Å². The number of ether oxygens (including phenoxy) is 1. The molecule has 1 N–H and O–H groups in total. The summed E-state index contributed by atoms with van der Waals surface area (Å²) in [6.07, 6.45) is 0. The zero-order valence-corrected chi connectivity index (χ0v) is 18.1. The van der Waals surface area contributed by atoms with Gasteiger partial charge in [-0.25, -0.2) is 14.2 Å². The Morgan fingerprint density at radius 2 is 2.10 bits per heavy atom. The van der Waals surface area contributed by atoms with Crippen LogP contribution in [0.3, 0.4) is 0 Å². The molecule has 0 fully saturated rings. The smallest absolute Gasteiger partial charge is 0.339 e. The van der Waals surface area contributed by atoms with Gasteiger partial charge in [0.2, 0.25) is 0 Å². The maximum Gasteiger partial charge on any atom is 0.339 e. The average molecular weight is 459 g/mol. The Bertz CT molecular complexity index is 1300. The summed E-state index contributed by atoms with van der Waals surface area (Å²) in [5.74, 6) is -1.81. The summed E-state index contributed by atoms with van der Waals surface area (Å²) in [4.78, 5) is 30.6. The number of benzene rings is 1. The fraction of sp³-hybridized carbons (Fsp3) is 0.143. The molecule has 4 rings (SSSR count). The third-order valence-corrected chi connectivity index (χ3v) is 5.71. The van der Waals surface area contributed by atoms with Gasteiger partial charge in [-0.3, -0.25) is 9.48 Å². The van der Waals surface area contributed by atoms with Gasteiger partial charge in [0.15, 0.2) is 12.3 Å². The Morgan fingerprint density at radius 1 is 1.29 bits per heavy atom. The molecule has 0 bridgehead atoms. The number of hydrogen-bond donors (Lipinski definition) is 1. The Morgan fingerprint density at radius 3 is 2.81 bits per heavy atom. The number of rotatable bonds is 5. The van der Waals surface area contributed by atoms with Gasteiger partial charge in [-0.2, -0.15) is 5.10 Å². The van der Waals surface area contributed by atoms with Gasteiger partial charge >= 0.3 is 5.97 Å². The largest absolute Gasteiger partial charge is 0.452 e. The molecule has 0 unspecified atom stereocenters. The second-order valence-electron chi connectivity index (χ2n) is 6.69. The molecule has 10 heteroatoms. The summed E-state index contributed by atoms with van der Waals surface area (Å²) in [5, 5.41) is 9.36. The summed E-state index contributed by atoms with van der Waals surface area (Å²) in [6.45, 7) is 1.23. The number of pyridine rings is 1. The van der Waals surface area contributed by atoms with Crippen LogP contribution in [0, 0.1) is 12.7 Å². The molecule has 0 aliphatic rings. The Balaban J connectivity index is 1.58. The van der Waals surface area contributed by atoms with E-state index in [-0.39, 0.29) is 16.3 Å². The third kappa shape index (κ3) is 4.28. The lowest BCUT2D eigenvalue weighted by Gasteiger charge is -2.10. The van der Waals surface area contributed by atoms with E-state index in [9.17, 15) is 14.0 Å². The van der Waals surface area contributed by atoms with E-state index in [0.29, 0.717) is 22.4 Å². The van der Waals surface area contributed by atoms with Crippen LogP contribution in [0.4, 0.5) is 10.1 Å². The molecule has 0 saturated heterocycles. The van der Waals surface area contributed by atoms with Gasteiger partial charge in [0.1, 0.15) is 5.82 Å². The minimum Gasteiger partial charge on any atom is -0.452 e. The maximum absolute atomic E-state index is 13.1. The second kappa shape index (κ2) is 8.44. The third-order valence-electron chi connectivity index (χ3n) is 4.50. The summed E-state index contributed by atoms with van der Waals surface area (Å²) in [6, 6.07) is 9.00. The monoisotopic (exact) mass is 458 g/mol. The standard InChI is InChI=1S/C21H16ClFN4O3S/c1-11-19-13(9-16(17-4-3-7-31-17)25-20(19)27(2)26-11)21(29)30-10-18(28)24-15-6-5-12(23)8-14(15)22/h3-9H,10H2,1-2H3,(H,24,28). The zero-order chi connectivity index (χ0) is 22.1. The Kier molecular flexibility index (Phi) is 5.71. The van der Waals surface area contributed by atoms with E-state index in [4.69, 9.17) is 16.3 Å². The van der Waals surface area contributed by atoms with Crippen LogP contribution in [0.25, 0.3) is 21.6 Å². The van der Waals surface area contributed by atoms with Crippen LogP contribution >= 0.6 is 22.9 Å². The van der Waals surface area contributed by atoms with Gasteiger partial charge in [-0.05, 0) is 42.6 Å². The summed E-state index contributed by atoms with van der Waals surface area (Å²) >= 11 is 7.40. The number of amides is 1. The van der Waals surface area contributed by atoms with Gasteiger partial charge in [-0.1, -0.05) is 17.7 Å². The Labute approximate surface area is 185 Å². The van der Waals surface area contributed by atoms with Crippen LogP contribution in [0.2, 0.25) is 5.02 Å². The van der Waals surface area contributed by atoms with Crippen molar-refractivity contribution < 1.29 is 18.7 Å². The molecule has 1 aromatic carbocycles. The van der Waals surface area contributed by atoms with Crippen molar-refractivity contribution in [3.8, 4) is 10.6 Å². The van der Waals surface area contributed by atoms with Crippen molar-refractivity contribution in [2.24, 2.45) is 7.05 Å². The quantitative estimate of drug-likeness (QED) is 0.442. The predicted molar refractivity (Wildman–Crippen MR) is 117 cm³/mol. The van der Waals surface area contributed by atoms with Gasteiger partial charge in [0.25, 0.3) is 5.91 Å². The fourth-order valence-electron chi connectivity index (χ4n) is 3.14. The molecule has 0 spiro atoms. The number of aromatic nitrogens is 3. The van der Waals surface area contributed by atoms with Crippen LogP contribution in [0.1, 0.15) is 16.1 Å². The van der Waals surface area contributed by atoms with E-state index in [1.807, 2.05) is 17.5 Å². The first-order valence-corrected chi connectivity index (χ1v) is 10.4. The highest BCUT2D eigenvalue weighted by atomic mass is 35.5. The average Bonchev–Trinajstić information content (AvgIpc) is 3.36. The van der Waals surface area contributed by atoms with Gasteiger partial charge < -0.3 is 10.1 Å². The number of aryl methyl sites for hydroxylation is 2. The number of carbonyl (C=O) groups excluding carboxylic acids is 2. The molecule has 7 nitrogen and oxygen atoms in total. The van der Waals surface area contributed by atoms with Crippen molar-refractivity contribution in [3.63, 3.8) is 0 Å². The van der Waals surface area contributed by atoms with E-state index in [1.165, 1.54) is 23.5 Å². The minimum atomic E-state index is -0.679. The number of nitrogens with zero attached hydrogens (tertiary/aromatic N) is 3. The molecule has 3 aromatic heterocycles. The molecule has 158 valence electrons. The van der Waals surface area contributed by atoms with Gasteiger partial charge in [0, 0.05) is 7.05 Å². The summed E-state index contributed by atoms with van der Waals surface area (Å²) in [7, 11) is 1.75. The van der Waals surface area contributed by atoms with Crippen molar-refractivity contribution in [1.82, 2.24) is 14.8 Å². The van der Waals surface area contributed by atoms with Gasteiger partial charge in [0.05, 0.1) is 37.9 Å². The highest BCUT2D eigenvalue weighted by molar-refractivity contribution is 7.13. The fourth-order valence-corrected chi connectivity index (χ4v) is 4.04. The Hall–Kier alpha value is -3.30. The molecule has 1 amide bonds. The van der Waals surface area contributed by atoms with Crippen LogP contribution in [0.5, 0.6) is 0 Å². The van der Waals surface area contributed by atoms with Crippen molar-refractivity contribution >= 4 is 51.5 Å². The van der Waals surface area contributed by atoms with E-state index in [2.05, 4.69) is 15.4 Å². The number of fused-ring (bicyclic) bond motifs is 1. The number of esters is 1. The molecule has 3 heterocycles. The molecule has 0 saturated carbocycles. The van der Waals surface area contributed by atoms with E-state index < -0.39 is 24.3 Å². The number of anilines is 1. The SMILES string of the molecule is Cc1nn(C)c2nc(-c3cccs3)cc(C(=O)OCC(=O)Nc3ccc(F)cc3Cl)c12. The van der Waals surface area contributed by atoms with Crippen molar-refractivity contribution in [3.05, 3.63) is 63.9 Å². The zero-order valence-electron chi connectivity index (χ0n) is 16.5. The number of nitrogens with one attached hydrogen (secondary N) is 1. The van der Waals surface area contributed by atoms with Crippen molar-refractivity contribution in [1.29, 1.82) is 0 Å². The molecule has 0 aliphatic heterocycles. The van der Waals surface area contributed by atoms with E-state index >= 15 is 0 Å². The summed E-state index contributed by atoms with van der Waals surface area (Å²) < 4.78 is 20.0. The van der Waals surface area contributed by atoms with E-state index in [1.54, 1.807) is 24.7 Å². The number of halogens is 2. The lowest BCUT2D eigenvalue weighted by Crippen LogP contribution is -2.21.